The van der Waals surface area contributed by atoms with Gasteiger partial charge in [-0.2, -0.15) is 9.97 Å². The van der Waals surface area contributed by atoms with Gasteiger partial charge in [-0.1, -0.05) is 18.2 Å². The van der Waals surface area contributed by atoms with Crippen molar-refractivity contribution in [2.24, 2.45) is 0 Å². The van der Waals surface area contributed by atoms with E-state index in [0.717, 1.165) is 16.8 Å². The number of rotatable bonds is 4. The van der Waals surface area contributed by atoms with Gasteiger partial charge < -0.3 is 20.4 Å². The third-order valence-electron chi connectivity index (χ3n) is 3.25. The number of benzene rings is 1. The monoisotopic (exact) mass is 284 g/mol. The van der Waals surface area contributed by atoms with E-state index in [4.69, 9.17) is 10.5 Å². The Bertz CT molecular complexity index is 769. The number of aromatic nitrogens is 4. The van der Waals surface area contributed by atoms with Gasteiger partial charge in [0.15, 0.2) is 11.5 Å². The summed E-state index contributed by atoms with van der Waals surface area (Å²) in [7, 11) is 3.60. The van der Waals surface area contributed by atoms with Crippen molar-refractivity contribution in [2.45, 2.75) is 6.54 Å². The van der Waals surface area contributed by atoms with E-state index in [1.54, 1.807) is 13.4 Å². The van der Waals surface area contributed by atoms with E-state index in [9.17, 15) is 0 Å². The van der Waals surface area contributed by atoms with Gasteiger partial charge in [0.05, 0.1) is 13.4 Å². The van der Waals surface area contributed by atoms with Crippen LogP contribution in [0.4, 0.5) is 11.8 Å². The number of anilines is 2. The van der Waals surface area contributed by atoms with Crippen molar-refractivity contribution in [1.29, 1.82) is 0 Å². The van der Waals surface area contributed by atoms with Crippen molar-refractivity contribution in [3.63, 3.8) is 0 Å². The number of nitrogens with two attached hydrogens (primary N) is 1. The van der Waals surface area contributed by atoms with Crippen LogP contribution in [0, 0.1) is 0 Å². The molecule has 0 aliphatic heterocycles. The Morgan fingerprint density at radius 2 is 2.10 bits per heavy atom. The second-order valence-electron chi connectivity index (χ2n) is 4.67. The highest BCUT2D eigenvalue weighted by atomic mass is 16.5. The first-order valence-electron chi connectivity index (χ1n) is 6.48. The molecule has 21 heavy (non-hydrogen) atoms. The lowest BCUT2D eigenvalue weighted by molar-refractivity contribution is 0.409. The third kappa shape index (κ3) is 2.45. The predicted octanol–water partition coefficient (Wildman–Crippen LogP) is 1.58. The van der Waals surface area contributed by atoms with Crippen molar-refractivity contribution in [3.05, 3.63) is 36.2 Å². The van der Waals surface area contributed by atoms with E-state index in [1.165, 1.54) is 0 Å². The second kappa shape index (κ2) is 5.28. The third-order valence-corrected chi connectivity index (χ3v) is 3.25. The minimum absolute atomic E-state index is 0.205. The minimum atomic E-state index is 0.205. The number of H-pyrrole nitrogens is 1. The van der Waals surface area contributed by atoms with E-state index in [0.29, 0.717) is 18.0 Å². The lowest BCUT2D eigenvalue weighted by atomic mass is 10.2. The maximum Gasteiger partial charge on any atom is 0.224 e. The highest BCUT2D eigenvalue weighted by Crippen LogP contribution is 2.25. The summed E-state index contributed by atoms with van der Waals surface area (Å²) >= 11 is 0. The van der Waals surface area contributed by atoms with Crippen molar-refractivity contribution in [1.82, 2.24) is 19.9 Å². The van der Waals surface area contributed by atoms with Crippen LogP contribution in [0.2, 0.25) is 0 Å². The molecule has 0 aliphatic rings. The SMILES string of the molecule is COc1ccccc1CN(C)c1nc(N)nc2nc[nH]c12. The number of nitrogens with zero attached hydrogens (tertiary/aromatic N) is 4. The molecule has 2 heterocycles. The van der Waals surface area contributed by atoms with Gasteiger partial charge >= 0.3 is 0 Å². The molecule has 1 aromatic carbocycles. The quantitative estimate of drug-likeness (QED) is 0.755. The van der Waals surface area contributed by atoms with Crippen molar-refractivity contribution in [2.75, 3.05) is 24.8 Å². The lowest BCUT2D eigenvalue weighted by Gasteiger charge is -2.20. The first-order chi connectivity index (χ1) is 10.2. The molecule has 0 saturated heterocycles. The maximum atomic E-state index is 5.74. The van der Waals surface area contributed by atoms with E-state index >= 15 is 0 Å². The number of fused-ring (bicyclic) bond motifs is 1. The molecule has 0 amide bonds. The van der Waals surface area contributed by atoms with Gasteiger partial charge in [0, 0.05) is 19.2 Å². The van der Waals surface area contributed by atoms with Gasteiger partial charge in [-0.25, -0.2) is 4.98 Å². The molecule has 0 aliphatic carbocycles. The largest absolute Gasteiger partial charge is 0.496 e. The first kappa shape index (κ1) is 13.2. The Morgan fingerprint density at radius 1 is 1.29 bits per heavy atom. The summed E-state index contributed by atoms with van der Waals surface area (Å²) in [5.41, 5.74) is 8.13. The molecule has 2 aromatic heterocycles. The summed E-state index contributed by atoms with van der Waals surface area (Å²) in [6.07, 6.45) is 1.58. The van der Waals surface area contributed by atoms with E-state index in [-0.39, 0.29) is 5.95 Å². The Hall–Kier alpha value is -2.83. The van der Waals surface area contributed by atoms with Gasteiger partial charge in [-0.15, -0.1) is 0 Å². The van der Waals surface area contributed by atoms with E-state index < -0.39 is 0 Å². The fourth-order valence-electron chi connectivity index (χ4n) is 2.27. The zero-order valence-corrected chi connectivity index (χ0v) is 11.9. The molecule has 0 saturated carbocycles. The average molecular weight is 284 g/mol. The standard InChI is InChI=1S/C14H16N6O/c1-20(7-9-5-3-4-6-10(9)21-2)13-11-12(17-8-16-11)18-14(15)19-13/h3-6,8H,7H2,1-2H3,(H3,15,16,17,18,19). The summed E-state index contributed by atoms with van der Waals surface area (Å²) in [5, 5.41) is 0. The summed E-state index contributed by atoms with van der Waals surface area (Å²) in [6.45, 7) is 0.634. The van der Waals surface area contributed by atoms with Crippen LogP contribution in [0.5, 0.6) is 5.75 Å². The molecular formula is C14H16N6O. The molecule has 0 radical (unpaired) electrons. The van der Waals surface area contributed by atoms with E-state index in [2.05, 4.69) is 19.9 Å². The Morgan fingerprint density at radius 3 is 2.90 bits per heavy atom. The number of methoxy groups -OCH3 is 1. The number of aromatic amines is 1. The minimum Gasteiger partial charge on any atom is -0.496 e. The smallest absolute Gasteiger partial charge is 0.224 e. The van der Waals surface area contributed by atoms with Crippen LogP contribution in [0.1, 0.15) is 5.56 Å². The van der Waals surface area contributed by atoms with Crippen LogP contribution in [0.25, 0.3) is 11.2 Å². The number of hydrogen-bond donors (Lipinski definition) is 2. The maximum absolute atomic E-state index is 5.74. The fourth-order valence-corrected chi connectivity index (χ4v) is 2.27. The molecule has 0 atom stereocenters. The van der Waals surface area contributed by atoms with Crippen molar-refractivity contribution < 1.29 is 4.74 Å². The zero-order valence-electron chi connectivity index (χ0n) is 11.9. The van der Waals surface area contributed by atoms with Gasteiger partial charge in [0.2, 0.25) is 5.95 Å². The average Bonchev–Trinajstić information content (AvgIpc) is 2.94. The summed E-state index contributed by atoms with van der Waals surface area (Å²) in [5.74, 6) is 1.75. The normalized spacial score (nSPS) is 10.8. The summed E-state index contributed by atoms with van der Waals surface area (Å²) in [6, 6.07) is 7.87. The number of nitrogens with one attached hydrogen (secondary N) is 1. The highest BCUT2D eigenvalue weighted by Gasteiger charge is 2.14. The Balaban J connectivity index is 1.97. The first-order valence-corrected chi connectivity index (χ1v) is 6.48. The van der Waals surface area contributed by atoms with Gasteiger partial charge in [0.1, 0.15) is 11.3 Å². The molecular weight excluding hydrogens is 268 g/mol. The molecule has 0 bridgehead atoms. The molecule has 7 nitrogen and oxygen atoms in total. The van der Waals surface area contributed by atoms with Crippen molar-refractivity contribution >= 4 is 22.9 Å². The van der Waals surface area contributed by atoms with Crippen LogP contribution < -0.4 is 15.4 Å². The lowest BCUT2D eigenvalue weighted by Crippen LogP contribution is -2.19. The molecule has 3 rings (SSSR count). The number of hydrogen-bond acceptors (Lipinski definition) is 6. The highest BCUT2D eigenvalue weighted by molar-refractivity contribution is 5.84. The topological polar surface area (TPSA) is 92.9 Å². The van der Waals surface area contributed by atoms with Crippen LogP contribution >= 0.6 is 0 Å². The zero-order chi connectivity index (χ0) is 14.8. The molecule has 0 unspecified atom stereocenters. The number of para-hydroxylation sites is 1. The Kier molecular flexibility index (Phi) is 3.31. The van der Waals surface area contributed by atoms with Gasteiger partial charge in [0.25, 0.3) is 0 Å². The molecule has 0 fully saturated rings. The molecule has 108 valence electrons. The predicted molar refractivity (Wildman–Crippen MR) is 81.2 cm³/mol. The van der Waals surface area contributed by atoms with Gasteiger partial charge in [-0.3, -0.25) is 0 Å². The molecule has 3 N–H and O–H groups in total. The molecule has 0 spiro atoms. The number of imidazole rings is 1. The Labute approximate surface area is 121 Å². The fraction of sp³-hybridized carbons (Fsp3) is 0.214. The summed E-state index contributed by atoms with van der Waals surface area (Å²) < 4.78 is 5.37. The van der Waals surface area contributed by atoms with Gasteiger partial charge in [-0.05, 0) is 6.07 Å². The van der Waals surface area contributed by atoms with Crippen LogP contribution in [0.3, 0.4) is 0 Å². The van der Waals surface area contributed by atoms with E-state index in [1.807, 2.05) is 36.2 Å². The van der Waals surface area contributed by atoms with Crippen LogP contribution in [0.15, 0.2) is 30.6 Å². The van der Waals surface area contributed by atoms with Crippen molar-refractivity contribution in [3.8, 4) is 5.75 Å². The summed E-state index contributed by atoms with van der Waals surface area (Å²) in [4.78, 5) is 17.6. The number of nitrogen functional groups attached to an aromatic ring is 1. The second-order valence-corrected chi connectivity index (χ2v) is 4.67. The number of ether oxygens (including phenoxy) is 1. The molecule has 7 heteroatoms. The van der Waals surface area contributed by atoms with Crippen LogP contribution in [-0.4, -0.2) is 34.1 Å². The molecule has 3 aromatic rings. The van der Waals surface area contributed by atoms with Crippen LogP contribution in [-0.2, 0) is 6.54 Å².